The zero-order chi connectivity index (χ0) is 16.6. The number of carbonyl (C=O) groups is 1. The van der Waals surface area contributed by atoms with E-state index in [1.807, 2.05) is 0 Å². The third-order valence-corrected chi connectivity index (χ3v) is 3.12. The van der Waals surface area contributed by atoms with Crippen LogP contribution in [0.3, 0.4) is 0 Å². The minimum absolute atomic E-state index is 0.120. The van der Waals surface area contributed by atoms with E-state index < -0.39 is 11.6 Å². The summed E-state index contributed by atoms with van der Waals surface area (Å²) >= 11 is 0. The van der Waals surface area contributed by atoms with Crippen LogP contribution in [0.1, 0.15) is 21.6 Å². The first-order chi connectivity index (χ1) is 10.9. The first-order valence-corrected chi connectivity index (χ1v) is 6.60. The smallest absolute Gasteiger partial charge is 0.252 e. The van der Waals surface area contributed by atoms with Crippen LogP contribution in [0, 0.1) is 12.7 Å². The average Bonchev–Trinajstić information content (AvgIpc) is 2.98. The Morgan fingerprint density at radius 2 is 2.13 bits per heavy atom. The summed E-state index contributed by atoms with van der Waals surface area (Å²) in [6.07, 6.45) is 2.58. The van der Waals surface area contributed by atoms with Crippen LogP contribution < -0.4 is 5.56 Å². The maximum Gasteiger partial charge on any atom is 0.252 e. The highest BCUT2D eigenvalue weighted by atomic mass is 19.1. The molecule has 8 heteroatoms. The lowest BCUT2D eigenvalue weighted by Gasteiger charge is -2.02. The van der Waals surface area contributed by atoms with Crippen molar-refractivity contribution in [1.82, 2.24) is 19.7 Å². The molecule has 0 atom stereocenters. The molecule has 2 heterocycles. The zero-order valence-electron chi connectivity index (χ0n) is 11.9. The van der Waals surface area contributed by atoms with Crippen LogP contribution in [-0.4, -0.2) is 30.6 Å². The molecular weight excluding hydrogens is 303 g/mol. The second kappa shape index (κ2) is 5.48. The third-order valence-electron chi connectivity index (χ3n) is 3.12. The van der Waals surface area contributed by atoms with E-state index in [2.05, 4.69) is 15.1 Å². The fourth-order valence-electron chi connectivity index (χ4n) is 2.07. The number of nitrogens with zero attached hydrogens (tertiary/aromatic N) is 3. The summed E-state index contributed by atoms with van der Waals surface area (Å²) < 4.78 is 14.5. The monoisotopic (exact) mass is 314 g/mol. The number of H-pyrrole nitrogens is 1. The highest BCUT2D eigenvalue weighted by Gasteiger charge is 2.17. The molecule has 116 valence electrons. The number of carbonyl (C=O) groups excluding carboxylic acids is 1. The lowest BCUT2D eigenvalue weighted by atomic mass is 10.1. The van der Waals surface area contributed by atoms with E-state index in [1.54, 1.807) is 6.92 Å². The van der Waals surface area contributed by atoms with E-state index in [4.69, 9.17) is 0 Å². The van der Waals surface area contributed by atoms with E-state index in [1.165, 1.54) is 23.1 Å². The Morgan fingerprint density at radius 1 is 1.35 bits per heavy atom. The van der Waals surface area contributed by atoms with Gasteiger partial charge in [-0.2, -0.15) is 5.10 Å². The normalized spacial score (nSPS) is 10.7. The van der Waals surface area contributed by atoms with Gasteiger partial charge in [0.1, 0.15) is 11.6 Å². The van der Waals surface area contributed by atoms with Gasteiger partial charge in [0.2, 0.25) is 5.95 Å². The fourth-order valence-corrected chi connectivity index (χ4v) is 2.07. The molecule has 0 unspecified atom stereocenters. The second-order valence-electron chi connectivity index (χ2n) is 4.87. The highest BCUT2D eigenvalue weighted by molar-refractivity contribution is 6.10. The first-order valence-electron chi connectivity index (χ1n) is 6.60. The molecule has 23 heavy (non-hydrogen) atoms. The van der Waals surface area contributed by atoms with Gasteiger partial charge in [0.05, 0.1) is 17.3 Å². The Kier molecular flexibility index (Phi) is 3.49. The quantitative estimate of drug-likeness (QED) is 0.710. The number of ketones is 1. The molecule has 0 radical (unpaired) electrons. The topological polar surface area (TPSA) is 101 Å². The molecule has 3 aromatic rings. The summed E-state index contributed by atoms with van der Waals surface area (Å²) in [4.78, 5) is 30.4. The van der Waals surface area contributed by atoms with Crippen molar-refractivity contribution >= 4 is 5.78 Å². The van der Waals surface area contributed by atoms with Gasteiger partial charge < -0.3 is 5.11 Å². The van der Waals surface area contributed by atoms with Gasteiger partial charge in [-0.05, 0) is 25.1 Å². The van der Waals surface area contributed by atoms with Crippen molar-refractivity contribution in [2.45, 2.75) is 6.92 Å². The number of nitrogens with one attached hydrogen (secondary N) is 1. The molecule has 0 bridgehead atoms. The number of benzene rings is 1. The van der Waals surface area contributed by atoms with E-state index in [0.717, 1.165) is 18.2 Å². The lowest BCUT2D eigenvalue weighted by Crippen LogP contribution is -2.13. The maximum absolute atomic E-state index is 13.2. The number of aryl methyl sites for hydroxylation is 1. The van der Waals surface area contributed by atoms with Crippen molar-refractivity contribution in [2.75, 3.05) is 0 Å². The van der Waals surface area contributed by atoms with Crippen molar-refractivity contribution in [1.29, 1.82) is 0 Å². The molecule has 0 aliphatic heterocycles. The predicted octanol–water partition coefficient (Wildman–Crippen LogP) is 1.34. The number of phenols is 1. The van der Waals surface area contributed by atoms with E-state index in [-0.39, 0.29) is 28.4 Å². The van der Waals surface area contributed by atoms with Crippen molar-refractivity contribution in [3.8, 4) is 11.7 Å². The van der Waals surface area contributed by atoms with Gasteiger partial charge in [0.25, 0.3) is 5.56 Å². The van der Waals surface area contributed by atoms with E-state index >= 15 is 0 Å². The third kappa shape index (κ3) is 2.86. The van der Waals surface area contributed by atoms with Gasteiger partial charge >= 0.3 is 0 Å². The molecule has 0 spiro atoms. The molecule has 2 aromatic heterocycles. The molecule has 0 amide bonds. The lowest BCUT2D eigenvalue weighted by molar-refractivity contribution is 0.103. The standard InChI is InChI=1S/C15H11FN4O3/c1-8-4-13(22)19-15(18-8)20-7-9(6-17-20)14(23)11-5-10(16)2-3-12(11)21/h2-7,21H,1H3,(H,18,19,22). The Balaban J connectivity index is 2.00. The van der Waals surface area contributed by atoms with Gasteiger partial charge in [-0.15, -0.1) is 0 Å². The molecule has 0 fully saturated rings. The molecule has 0 aliphatic carbocycles. The summed E-state index contributed by atoms with van der Waals surface area (Å²) in [6.45, 7) is 1.65. The summed E-state index contributed by atoms with van der Waals surface area (Å²) in [7, 11) is 0. The summed E-state index contributed by atoms with van der Waals surface area (Å²) in [6, 6.07) is 4.43. The largest absolute Gasteiger partial charge is 0.507 e. The summed E-state index contributed by atoms with van der Waals surface area (Å²) in [5.74, 6) is -1.41. The Morgan fingerprint density at radius 3 is 2.87 bits per heavy atom. The molecule has 1 aromatic carbocycles. The van der Waals surface area contributed by atoms with Crippen molar-refractivity contribution in [3.05, 3.63) is 69.7 Å². The molecule has 0 aliphatic rings. The Hall–Kier alpha value is -3.29. The maximum atomic E-state index is 13.2. The van der Waals surface area contributed by atoms with Crippen molar-refractivity contribution in [2.24, 2.45) is 0 Å². The van der Waals surface area contributed by atoms with Crippen LogP contribution in [-0.2, 0) is 0 Å². The van der Waals surface area contributed by atoms with Crippen LogP contribution in [0.2, 0.25) is 0 Å². The minimum atomic E-state index is -0.636. The van der Waals surface area contributed by atoms with Gasteiger partial charge in [0.15, 0.2) is 5.78 Å². The first kappa shape index (κ1) is 14.6. The number of halogens is 1. The molecule has 0 saturated heterocycles. The molecule has 3 rings (SSSR count). The Labute approximate surface area is 129 Å². The van der Waals surface area contributed by atoms with Crippen LogP contribution in [0.25, 0.3) is 5.95 Å². The molecule has 7 nitrogen and oxygen atoms in total. The van der Waals surface area contributed by atoms with Crippen LogP contribution in [0.5, 0.6) is 5.75 Å². The molecular formula is C15H11FN4O3. The fraction of sp³-hybridized carbons (Fsp3) is 0.0667. The van der Waals surface area contributed by atoms with Gasteiger partial charge in [-0.1, -0.05) is 0 Å². The second-order valence-corrected chi connectivity index (χ2v) is 4.87. The number of hydrogen-bond donors (Lipinski definition) is 2. The number of aromatic hydroxyl groups is 1. The van der Waals surface area contributed by atoms with Crippen LogP contribution >= 0.6 is 0 Å². The van der Waals surface area contributed by atoms with Crippen molar-refractivity contribution in [3.63, 3.8) is 0 Å². The Bertz CT molecular complexity index is 961. The minimum Gasteiger partial charge on any atom is -0.507 e. The van der Waals surface area contributed by atoms with Crippen molar-refractivity contribution < 1.29 is 14.3 Å². The summed E-state index contributed by atoms with van der Waals surface area (Å²) in [5.41, 5.74) is 0.0962. The number of phenolic OH excluding ortho intramolecular Hbond substituents is 1. The van der Waals surface area contributed by atoms with Gasteiger partial charge in [0, 0.05) is 18.0 Å². The number of hydrogen-bond acceptors (Lipinski definition) is 5. The average molecular weight is 314 g/mol. The predicted molar refractivity (Wildman–Crippen MR) is 78.2 cm³/mol. The zero-order valence-corrected chi connectivity index (χ0v) is 11.9. The van der Waals surface area contributed by atoms with Crippen LogP contribution in [0.15, 0.2) is 41.5 Å². The molecule has 2 N–H and O–H groups in total. The summed E-state index contributed by atoms with van der Waals surface area (Å²) in [5, 5.41) is 13.6. The van der Waals surface area contributed by atoms with E-state index in [9.17, 15) is 19.1 Å². The number of aromatic amines is 1. The van der Waals surface area contributed by atoms with Gasteiger partial charge in [-0.3, -0.25) is 14.6 Å². The van der Waals surface area contributed by atoms with Gasteiger partial charge in [-0.25, -0.2) is 14.1 Å². The number of aromatic nitrogens is 4. The SMILES string of the molecule is Cc1cc(=O)[nH]c(-n2cc(C(=O)c3cc(F)ccc3O)cn2)n1. The number of rotatable bonds is 3. The molecule has 0 saturated carbocycles. The van der Waals surface area contributed by atoms with E-state index in [0.29, 0.717) is 5.69 Å². The highest BCUT2D eigenvalue weighted by Crippen LogP contribution is 2.21. The van der Waals surface area contributed by atoms with Crippen LogP contribution in [0.4, 0.5) is 4.39 Å².